The molecule has 0 radical (unpaired) electrons. The lowest BCUT2D eigenvalue weighted by atomic mass is 10.0. The summed E-state index contributed by atoms with van der Waals surface area (Å²) in [4.78, 5) is 23.2. The minimum atomic E-state index is -0.747. The number of hydrogen-bond acceptors (Lipinski definition) is 6. The molecule has 2 unspecified atom stereocenters. The van der Waals surface area contributed by atoms with Gasteiger partial charge in [-0.25, -0.2) is 19.9 Å². The molecule has 39 heavy (non-hydrogen) atoms. The van der Waals surface area contributed by atoms with Gasteiger partial charge in [0.1, 0.15) is 33.8 Å². The Morgan fingerprint density at radius 3 is 1.77 bits per heavy atom. The summed E-state index contributed by atoms with van der Waals surface area (Å²) < 4.78 is 5.68. The predicted molar refractivity (Wildman–Crippen MR) is 153 cm³/mol. The van der Waals surface area contributed by atoms with Gasteiger partial charge in [-0.1, -0.05) is 35.3 Å². The van der Waals surface area contributed by atoms with Gasteiger partial charge in [0.05, 0.1) is 0 Å². The Labute approximate surface area is 235 Å². The van der Waals surface area contributed by atoms with Gasteiger partial charge >= 0.3 is 0 Å². The van der Waals surface area contributed by atoms with Gasteiger partial charge in [0.25, 0.3) is 0 Å². The molecule has 0 fully saturated rings. The molecule has 0 saturated carbocycles. The van der Waals surface area contributed by atoms with Crippen molar-refractivity contribution in [3.05, 3.63) is 117 Å². The number of fused-ring (bicyclic) bond motifs is 2. The summed E-state index contributed by atoms with van der Waals surface area (Å²) >= 11 is 11.7. The number of methoxy groups -OCH3 is 1. The fourth-order valence-corrected chi connectivity index (χ4v) is 5.01. The minimum absolute atomic E-state index is 0.197. The molecule has 0 aliphatic carbocycles. The molecule has 2 atom stereocenters. The van der Waals surface area contributed by atoms with Crippen molar-refractivity contribution in [2.24, 2.45) is 0 Å². The van der Waals surface area contributed by atoms with Gasteiger partial charge in [0.15, 0.2) is 0 Å². The summed E-state index contributed by atoms with van der Waals surface area (Å²) in [6.45, 7) is 3.76. The summed E-state index contributed by atoms with van der Waals surface area (Å²) in [7, 11) is 1.69. The van der Waals surface area contributed by atoms with Crippen LogP contribution in [0.15, 0.2) is 73.3 Å². The average molecular weight is 561 g/mol. The first-order valence-corrected chi connectivity index (χ1v) is 12.9. The Morgan fingerprint density at radius 2 is 1.23 bits per heavy atom. The van der Waals surface area contributed by atoms with E-state index in [-0.39, 0.29) is 6.10 Å². The van der Waals surface area contributed by atoms with Crippen LogP contribution in [0.5, 0.6) is 0 Å². The number of halogens is 2. The molecular weight excluding hydrogens is 535 g/mol. The van der Waals surface area contributed by atoms with Crippen LogP contribution in [0.25, 0.3) is 22.1 Å². The standard InChI is InChI=1S/C15H14ClN3O.C14H12ClN3O/c1-9-10(5-6-13(16)19-9)14(20-2)12-8-18-15-11(12)4-3-7-17-15;1-8-9(4-5-12(15)18-8)13(19)11-7-17-14-10(11)3-2-6-16-14/h3-8,14H,1-2H3,(H,17,18);2-7,13,19H,1H3,(H,16,17). The van der Waals surface area contributed by atoms with Gasteiger partial charge in [-0.2, -0.15) is 0 Å². The Kier molecular flexibility index (Phi) is 7.90. The molecule has 0 bridgehead atoms. The van der Waals surface area contributed by atoms with E-state index in [9.17, 15) is 5.11 Å². The number of aliphatic hydroxyl groups is 1. The molecule has 0 aliphatic rings. The third-order valence-corrected chi connectivity index (χ3v) is 6.96. The van der Waals surface area contributed by atoms with Gasteiger partial charge in [0.2, 0.25) is 0 Å². The maximum absolute atomic E-state index is 10.5. The molecule has 10 heteroatoms. The lowest BCUT2D eigenvalue weighted by molar-refractivity contribution is 0.136. The molecule has 0 spiro atoms. The smallest absolute Gasteiger partial charge is 0.137 e. The number of nitrogens with one attached hydrogen (secondary N) is 2. The topological polar surface area (TPSA) is 113 Å². The predicted octanol–water partition coefficient (Wildman–Crippen LogP) is 6.66. The molecule has 6 aromatic heterocycles. The van der Waals surface area contributed by atoms with Gasteiger partial charge < -0.3 is 19.8 Å². The minimum Gasteiger partial charge on any atom is -0.384 e. The van der Waals surface area contributed by atoms with Crippen LogP contribution in [0.4, 0.5) is 0 Å². The van der Waals surface area contributed by atoms with Crippen molar-refractivity contribution in [2.75, 3.05) is 7.11 Å². The number of hydrogen-bond donors (Lipinski definition) is 3. The summed E-state index contributed by atoms with van der Waals surface area (Å²) in [5.41, 5.74) is 6.77. The van der Waals surface area contributed by atoms with Crippen LogP contribution >= 0.6 is 23.2 Å². The molecule has 3 N–H and O–H groups in total. The molecule has 198 valence electrons. The van der Waals surface area contributed by atoms with Crippen LogP contribution in [0, 0.1) is 13.8 Å². The number of nitrogens with zero attached hydrogens (tertiary/aromatic N) is 4. The second kappa shape index (κ2) is 11.5. The first-order chi connectivity index (χ1) is 18.9. The van der Waals surface area contributed by atoms with E-state index in [0.29, 0.717) is 10.3 Å². The third-order valence-electron chi connectivity index (χ3n) is 6.54. The van der Waals surface area contributed by atoms with Crippen molar-refractivity contribution < 1.29 is 9.84 Å². The van der Waals surface area contributed by atoms with Crippen LogP contribution in [0.3, 0.4) is 0 Å². The van der Waals surface area contributed by atoms with Crippen molar-refractivity contribution >= 4 is 45.3 Å². The summed E-state index contributed by atoms with van der Waals surface area (Å²) in [6.07, 6.45) is 6.24. The van der Waals surface area contributed by atoms with Crippen LogP contribution < -0.4 is 0 Å². The molecule has 8 nitrogen and oxygen atoms in total. The van der Waals surface area contributed by atoms with Crippen LogP contribution in [-0.2, 0) is 4.74 Å². The number of aromatic amines is 2. The monoisotopic (exact) mass is 560 g/mol. The Morgan fingerprint density at radius 1 is 0.718 bits per heavy atom. The number of aromatic nitrogens is 6. The fourth-order valence-electron chi connectivity index (χ4n) is 4.63. The van der Waals surface area contributed by atoms with E-state index in [2.05, 4.69) is 29.9 Å². The first-order valence-electron chi connectivity index (χ1n) is 12.2. The lowest BCUT2D eigenvalue weighted by Gasteiger charge is -2.17. The van der Waals surface area contributed by atoms with Crippen LogP contribution in [0.1, 0.15) is 45.8 Å². The Hall–Kier alpha value is -3.82. The maximum atomic E-state index is 10.5. The second-order valence-electron chi connectivity index (χ2n) is 8.92. The summed E-state index contributed by atoms with van der Waals surface area (Å²) in [5.74, 6) is 0. The summed E-state index contributed by atoms with van der Waals surface area (Å²) in [6, 6.07) is 14.9. The largest absolute Gasteiger partial charge is 0.384 e. The highest BCUT2D eigenvalue weighted by Gasteiger charge is 2.20. The highest BCUT2D eigenvalue weighted by Crippen LogP contribution is 2.32. The zero-order valence-electron chi connectivity index (χ0n) is 21.5. The molecular formula is C29H26Cl2N6O2. The number of aryl methyl sites for hydroxylation is 2. The van der Waals surface area contributed by atoms with E-state index < -0.39 is 6.10 Å². The van der Waals surface area contributed by atoms with Crippen molar-refractivity contribution in [1.29, 1.82) is 0 Å². The lowest BCUT2D eigenvalue weighted by Crippen LogP contribution is -2.06. The SMILES string of the molecule is COC(c1ccc(Cl)nc1C)c1c[nH]c2ncccc12.Cc1nc(Cl)ccc1C(O)c1c[nH]c2ncccc12. The highest BCUT2D eigenvalue weighted by molar-refractivity contribution is 6.29. The number of H-pyrrole nitrogens is 2. The van der Waals surface area contributed by atoms with E-state index in [1.54, 1.807) is 43.9 Å². The van der Waals surface area contributed by atoms with Gasteiger partial charge in [-0.15, -0.1) is 0 Å². The zero-order chi connectivity index (χ0) is 27.5. The number of pyridine rings is 4. The molecule has 0 amide bonds. The molecule has 0 aromatic carbocycles. The van der Waals surface area contributed by atoms with Gasteiger partial charge in [0, 0.05) is 76.3 Å². The highest BCUT2D eigenvalue weighted by atomic mass is 35.5. The molecule has 0 aliphatic heterocycles. The average Bonchev–Trinajstić information content (AvgIpc) is 3.55. The van der Waals surface area contributed by atoms with Crippen LogP contribution in [-0.4, -0.2) is 42.1 Å². The van der Waals surface area contributed by atoms with Crippen molar-refractivity contribution in [1.82, 2.24) is 29.9 Å². The van der Waals surface area contributed by atoms with E-state index in [1.807, 2.05) is 50.4 Å². The molecule has 6 heterocycles. The molecule has 6 rings (SSSR count). The fraction of sp³-hybridized carbons (Fsp3) is 0.172. The number of rotatable bonds is 5. The van der Waals surface area contributed by atoms with Crippen molar-refractivity contribution in [2.45, 2.75) is 26.1 Å². The van der Waals surface area contributed by atoms with E-state index >= 15 is 0 Å². The van der Waals surface area contributed by atoms with Gasteiger partial charge in [-0.05, 0) is 50.2 Å². The Bertz CT molecular complexity index is 1750. The van der Waals surface area contributed by atoms with Crippen molar-refractivity contribution in [3.8, 4) is 0 Å². The number of ether oxygens (including phenoxy) is 1. The maximum Gasteiger partial charge on any atom is 0.137 e. The van der Waals surface area contributed by atoms with Crippen LogP contribution in [0.2, 0.25) is 10.3 Å². The third kappa shape index (κ3) is 5.51. The Balaban J connectivity index is 0.000000158. The normalized spacial score (nSPS) is 12.8. The number of aliphatic hydroxyl groups excluding tert-OH is 1. The molecule has 6 aromatic rings. The van der Waals surface area contributed by atoms with Crippen molar-refractivity contribution in [3.63, 3.8) is 0 Å². The quantitative estimate of drug-likeness (QED) is 0.203. The van der Waals surface area contributed by atoms with Gasteiger partial charge in [-0.3, -0.25) is 0 Å². The second-order valence-corrected chi connectivity index (χ2v) is 9.70. The first kappa shape index (κ1) is 26.8. The van der Waals surface area contributed by atoms with E-state index in [4.69, 9.17) is 27.9 Å². The van der Waals surface area contributed by atoms with E-state index in [1.165, 1.54) is 0 Å². The molecule has 0 saturated heterocycles. The van der Waals surface area contributed by atoms with E-state index in [0.717, 1.165) is 55.7 Å². The zero-order valence-corrected chi connectivity index (χ0v) is 23.0. The summed E-state index contributed by atoms with van der Waals surface area (Å²) in [5, 5.41) is 13.4.